The molecule has 0 radical (unpaired) electrons. The normalized spacial score (nSPS) is 12.9. The van der Waals surface area contributed by atoms with Gasteiger partial charge < -0.3 is 15.2 Å². The lowest BCUT2D eigenvalue weighted by molar-refractivity contribution is -0.385. The second-order valence-electron chi connectivity index (χ2n) is 2.53. The van der Waals surface area contributed by atoms with Crippen LogP contribution in [0.25, 0.3) is 0 Å². The monoisotopic (exact) mass is 182 g/mol. The van der Waals surface area contributed by atoms with Crippen LogP contribution < -0.4 is 15.2 Å². The topological polar surface area (TPSA) is 87.6 Å². The molecule has 13 heavy (non-hydrogen) atoms. The van der Waals surface area contributed by atoms with Crippen LogP contribution in [0.4, 0.5) is 11.4 Å². The lowest BCUT2D eigenvalue weighted by atomic mass is 10.2. The summed E-state index contributed by atoms with van der Waals surface area (Å²) >= 11 is 0. The van der Waals surface area contributed by atoms with E-state index in [1.54, 1.807) is 0 Å². The molecular formula is C7H6N2O4. The molecule has 68 valence electrons. The maximum Gasteiger partial charge on any atom is 0.317 e. The van der Waals surface area contributed by atoms with Gasteiger partial charge in [-0.3, -0.25) is 10.1 Å². The third kappa shape index (κ3) is 1.12. The standard InChI is InChI=1S/C7H6N2O4/c8-4-1-5(9(10)11)7-6(2-4)12-3-13-7/h1-2H,3,8H2. The van der Waals surface area contributed by atoms with Crippen molar-refractivity contribution in [3.05, 3.63) is 22.2 Å². The Morgan fingerprint density at radius 3 is 2.92 bits per heavy atom. The molecule has 6 nitrogen and oxygen atoms in total. The Bertz CT molecular complexity index is 377. The third-order valence-electron chi connectivity index (χ3n) is 1.67. The number of nitrogen functional groups attached to an aromatic ring is 1. The number of anilines is 1. The summed E-state index contributed by atoms with van der Waals surface area (Å²) in [6, 6.07) is 2.74. The molecule has 0 atom stereocenters. The summed E-state index contributed by atoms with van der Waals surface area (Å²) in [5.41, 5.74) is 5.56. The molecule has 1 heterocycles. The van der Waals surface area contributed by atoms with Crippen LogP contribution in [-0.2, 0) is 0 Å². The predicted molar refractivity (Wildman–Crippen MR) is 43.6 cm³/mol. The van der Waals surface area contributed by atoms with Gasteiger partial charge in [0.1, 0.15) is 0 Å². The zero-order valence-electron chi connectivity index (χ0n) is 6.52. The first-order valence-electron chi connectivity index (χ1n) is 3.52. The van der Waals surface area contributed by atoms with Gasteiger partial charge in [-0.2, -0.15) is 0 Å². The zero-order chi connectivity index (χ0) is 9.42. The molecule has 0 aliphatic carbocycles. The van der Waals surface area contributed by atoms with E-state index in [4.69, 9.17) is 15.2 Å². The van der Waals surface area contributed by atoms with Crippen LogP contribution in [0.15, 0.2) is 12.1 Å². The fraction of sp³-hybridized carbons (Fsp3) is 0.143. The van der Waals surface area contributed by atoms with Gasteiger partial charge in [-0.1, -0.05) is 0 Å². The van der Waals surface area contributed by atoms with Crippen molar-refractivity contribution in [2.24, 2.45) is 0 Å². The Morgan fingerprint density at radius 1 is 1.46 bits per heavy atom. The van der Waals surface area contributed by atoms with Crippen LogP contribution in [0.1, 0.15) is 0 Å². The average Bonchev–Trinajstić information content (AvgIpc) is 2.49. The summed E-state index contributed by atoms with van der Waals surface area (Å²) in [7, 11) is 0. The van der Waals surface area contributed by atoms with Crippen LogP contribution in [0.5, 0.6) is 11.5 Å². The Morgan fingerprint density at radius 2 is 2.23 bits per heavy atom. The maximum atomic E-state index is 10.5. The van der Waals surface area contributed by atoms with E-state index >= 15 is 0 Å². The number of nitrogens with two attached hydrogens (primary N) is 1. The van der Waals surface area contributed by atoms with E-state index in [1.165, 1.54) is 12.1 Å². The minimum Gasteiger partial charge on any atom is -0.453 e. The second kappa shape index (κ2) is 2.51. The molecule has 1 aromatic rings. The van der Waals surface area contributed by atoms with E-state index in [0.29, 0.717) is 5.75 Å². The maximum absolute atomic E-state index is 10.5. The lowest BCUT2D eigenvalue weighted by Crippen LogP contribution is -1.95. The van der Waals surface area contributed by atoms with Crippen LogP contribution in [0, 0.1) is 10.1 Å². The highest BCUT2D eigenvalue weighted by Crippen LogP contribution is 2.42. The zero-order valence-corrected chi connectivity index (χ0v) is 6.52. The fourth-order valence-electron chi connectivity index (χ4n) is 1.15. The van der Waals surface area contributed by atoms with Gasteiger partial charge in [0.15, 0.2) is 5.75 Å². The first kappa shape index (κ1) is 7.66. The number of nitro benzene ring substituents is 1. The molecule has 0 bridgehead atoms. The van der Waals surface area contributed by atoms with Gasteiger partial charge in [0, 0.05) is 17.8 Å². The highest BCUT2D eigenvalue weighted by atomic mass is 16.7. The van der Waals surface area contributed by atoms with E-state index in [-0.39, 0.29) is 23.9 Å². The number of nitrogens with zero attached hydrogens (tertiary/aromatic N) is 1. The third-order valence-corrected chi connectivity index (χ3v) is 1.67. The van der Waals surface area contributed by atoms with E-state index in [9.17, 15) is 10.1 Å². The summed E-state index contributed by atoms with van der Waals surface area (Å²) in [5.74, 6) is 0.478. The van der Waals surface area contributed by atoms with E-state index in [1.807, 2.05) is 0 Å². The van der Waals surface area contributed by atoms with Gasteiger partial charge >= 0.3 is 5.69 Å². The first-order valence-corrected chi connectivity index (χ1v) is 3.52. The number of benzene rings is 1. The number of hydrogen-bond donors (Lipinski definition) is 1. The van der Waals surface area contributed by atoms with Crippen molar-refractivity contribution < 1.29 is 14.4 Å². The van der Waals surface area contributed by atoms with Crippen molar-refractivity contribution in [3.8, 4) is 11.5 Å². The van der Waals surface area contributed by atoms with Crippen molar-refractivity contribution >= 4 is 11.4 Å². The summed E-state index contributed by atoms with van der Waals surface area (Å²) in [6.07, 6.45) is 0. The van der Waals surface area contributed by atoms with E-state index < -0.39 is 4.92 Å². The summed E-state index contributed by atoms with van der Waals surface area (Å²) < 4.78 is 9.89. The van der Waals surface area contributed by atoms with Gasteiger partial charge in [0.25, 0.3) is 0 Å². The molecule has 0 saturated heterocycles. The lowest BCUT2D eigenvalue weighted by Gasteiger charge is -1.98. The SMILES string of the molecule is Nc1cc2c(c([N+](=O)[O-])c1)OCO2. The minimum absolute atomic E-state index is 0.000370. The Kier molecular flexibility index (Phi) is 1.48. The van der Waals surface area contributed by atoms with Crippen molar-refractivity contribution in [3.63, 3.8) is 0 Å². The van der Waals surface area contributed by atoms with Gasteiger partial charge in [-0.25, -0.2) is 0 Å². The van der Waals surface area contributed by atoms with Gasteiger partial charge in [-0.15, -0.1) is 0 Å². The second-order valence-corrected chi connectivity index (χ2v) is 2.53. The van der Waals surface area contributed by atoms with Crippen LogP contribution >= 0.6 is 0 Å². The predicted octanol–water partition coefficient (Wildman–Crippen LogP) is 0.906. The molecule has 2 rings (SSSR count). The highest BCUT2D eigenvalue weighted by molar-refractivity contribution is 5.64. The summed E-state index contributed by atoms with van der Waals surface area (Å²) in [4.78, 5) is 9.98. The van der Waals surface area contributed by atoms with Crippen molar-refractivity contribution in [1.29, 1.82) is 0 Å². The Labute approximate surface area is 73.0 Å². The van der Waals surface area contributed by atoms with Crippen LogP contribution in [0.2, 0.25) is 0 Å². The van der Waals surface area contributed by atoms with Gasteiger partial charge in [0.05, 0.1) is 4.92 Å². The van der Waals surface area contributed by atoms with Crippen molar-refractivity contribution in [2.75, 3.05) is 12.5 Å². The first-order chi connectivity index (χ1) is 6.18. The van der Waals surface area contributed by atoms with Gasteiger partial charge in [-0.05, 0) is 0 Å². The van der Waals surface area contributed by atoms with E-state index in [0.717, 1.165) is 0 Å². The van der Waals surface area contributed by atoms with Crippen molar-refractivity contribution in [1.82, 2.24) is 0 Å². The molecule has 0 amide bonds. The smallest absolute Gasteiger partial charge is 0.317 e. The van der Waals surface area contributed by atoms with E-state index in [2.05, 4.69) is 0 Å². The Hall–Kier alpha value is -1.98. The number of nitro groups is 1. The molecule has 1 aliphatic rings. The number of ether oxygens (including phenoxy) is 2. The molecule has 0 saturated carbocycles. The quantitative estimate of drug-likeness (QED) is 0.396. The summed E-state index contributed by atoms with van der Waals surface area (Å²) in [6.45, 7) is -0.000370. The molecule has 2 N–H and O–H groups in total. The summed E-state index contributed by atoms with van der Waals surface area (Å²) in [5, 5.41) is 10.5. The Balaban J connectivity index is 2.62. The van der Waals surface area contributed by atoms with Crippen LogP contribution in [-0.4, -0.2) is 11.7 Å². The van der Waals surface area contributed by atoms with Crippen molar-refractivity contribution in [2.45, 2.75) is 0 Å². The largest absolute Gasteiger partial charge is 0.453 e. The number of hydrogen-bond acceptors (Lipinski definition) is 5. The molecule has 0 fully saturated rings. The van der Waals surface area contributed by atoms with Gasteiger partial charge in [0.2, 0.25) is 12.5 Å². The molecule has 1 aromatic carbocycles. The minimum atomic E-state index is -0.552. The molecule has 0 spiro atoms. The molecule has 0 aromatic heterocycles. The molecule has 6 heteroatoms. The molecular weight excluding hydrogens is 176 g/mol. The van der Waals surface area contributed by atoms with Crippen LogP contribution in [0.3, 0.4) is 0 Å². The number of fused-ring (bicyclic) bond motifs is 1. The molecule has 1 aliphatic heterocycles. The average molecular weight is 182 g/mol. The number of rotatable bonds is 1. The molecule has 0 unspecified atom stereocenters. The highest BCUT2D eigenvalue weighted by Gasteiger charge is 2.25. The fourth-order valence-corrected chi connectivity index (χ4v) is 1.15.